The van der Waals surface area contributed by atoms with E-state index in [0.717, 1.165) is 0 Å². The summed E-state index contributed by atoms with van der Waals surface area (Å²) < 4.78 is 11.1. The number of carboxylic acids is 5. The topological polar surface area (TPSA) is 505 Å². The number of benzene rings is 1. The molecule has 0 aliphatic carbocycles. The Kier molecular flexibility index (Phi) is 42.2. The van der Waals surface area contributed by atoms with Crippen LogP contribution >= 0.6 is 0 Å². The molecule has 1 unspecified atom stereocenters. The van der Waals surface area contributed by atoms with Crippen molar-refractivity contribution >= 4 is 76.7 Å². The van der Waals surface area contributed by atoms with Crippen LogP contribution in [0.25, 0.3) is 0 Å². The van der Waals surface area contributed by atoms with E-state index in [-0.39, 0.29) is 201 Å². The van der Waals surface area contributed by atoms with Gasteiger partial charge in [0.15, 0.2) is 0 Å². The van der Waals surface area contributed by atoms with Gasteiger partial charge in [0.25, 0.3) is 10.9 Å². The maximum Gasteiger partial charge on any atom is 3.00 e. The third-order valence-electron chi connectivity index (χ3n) is 17.7. The molecule has 2 aliphatic rings. The molecule has 2 saturated heterocycles. The molecule has 2 aromatic carbocycles. The fourth-order valence-electron chi connectivity index (χ4n) is 12.0. The third kappa shape index (κ3) is 32.0. The molecule has 2 heterocycles. The fourth-order valence-corrected chi connectivity index (χ4v) is 12.0. The predicted molar refractivity (Wildman–Crippen MR) is 361 cm³/mol. The summed E-state index contributed by atoms with van der Waals surface area (Å²) in [6, 6.07) is 0.547. The third-order valence-corrected chi connectivity index (χ3v) is 17.7. The van der Waals surface area contributed by atoms with E-state index >= 15 is 0 Å². The van der Waals surface area contributed by atoms with Crippen LogP contribution in [0.5, 0.6) is 0 Å². The van der Waals surface area contributed by atoms with Crippen LogP contribution in [0.15, 0.2) is 39.9 Å². The molecule has 8 atom stereocenters. The van der Waals surface area contributed by atoms with Gasteiger partial charge in [0.1, 0.15) is 54.2 Å². The van der Waals surface area contributed by atoms with Crippen molar-refractivity contribution in [2.45, 2.75) is 153 Å². The molecule has 34 nitrogen and oxygen atoms in total. The molecule has 0 spiro atoms. The Morgan fingerprint density at radius 1 is 0.588 bits per heavy atom. The number of anilines is 2. The molecular weight excluding hydrogens is 1480 g/mol. The number of carbonyl (C=O) groups is 11. The summed E-state index contributed by atoms with van der Waals surface area (Å²) in [7, 11) is 0. The van der Waals surface area contributed by atoms with E-state index in [2.05, 4.69) is 37.2 Å². The maximum atomic E-state index is 14.4. The summed E-state index contributed by atoms with van der Waals surface area (Å²) in [5, 5.41) is 76.7. The predicted octanol–water partition coefficient (Wildman–Crippen LogP) is -7.40. The van der Waals surface area contributed by atoms with Crippen molar-refractivity contribution in [2.24, 2.45) is 23.3 Å². The Morgan fingerprint density at radius 2 is 1.11 bits per heavy atom. The van der Waals surface area contributed by atoms with Gasteiger partial charge in [-0.1, -0.05) is 64.4 Å². The van der Waals surface area contributed by atoms with E-state index in [4.69, 9.17) is 20.9 Å². The van der Waals surface area contributed by atoms with Crippen LogP contribution in [0.1, 0.15) is 110 Å². The summed E-state index contributed by atoms with van der Waals surface area (Å²) in [5.41, 5.74) is 10.7. The van der Waals surface area contributed by atoms with Crippen LogP contribution in [-0.4, -0.2) is 268 Å². The minimum Gasteiger partial charge on any atom is -0.549 e. The minimum absolute atomic E-state index is 0. The van der Waals surface area contributed by atoms with Crippen molar-refractivity contribution in [2.75, 3.05) is 142 Å². The van der Waals surface area contributed by atoms with Gasteiger partial charge in [0.05, 0.1) is 43.7 Å². The minimum atomic E-state index is -1.46. The number of nitrogens with one attached hydrogen (secondary N) is 7. The van der Waals surface area contributed by atoms with E-state index < -0.39 is 151 Å². The first-order valence-corrected chi connectivity index (χ1v) is 34.8. The number of hydrogen-bond acceptors (Lipinski definition) is 27. The standard InChI is InChI=1S/C67H108N14O20.Gd/c1-5-44(4)56(64(94)73-46(17-9-11-21-68)61(91)74-47(18-10-12-22-69)65(95)81-25-14-20-50(81)63(93)75-49(66(96)97)38-45-15-7-6-8-16-45)76-62(92)48(37-43(2)3)72-52(82)42-101-36-35-100-34-24-71-58-57(59(89)60(58)90)70-23-13-19-51(67(98)99)80-32-30-78(40-54(85)86)28-26-77(39-53(83)84)27-29-79(31-33-80)41-55(87)88;/h6-8,15-16,43-44,46-51,56,70-71H,5,9-14,17-42,68-69H2,1-4H3,(H,72,82)(H,73,94)(H,74,91)(H,75,93)(H,76,92)(H,83,84)(H,85,86)(H,87,88)(H,96,97)(H,98,99);/q;+3/p-4/t44-,46-,47-,48-,49-,50-,51?,56-;/m0./s1. The van der Waals surface area contributed by atoms with Gasteiger partial charge in [-0.05, 0) is 101 Å². The molecule has 6 amide bonds. The Balaban J connectivity index is 0.0000270. The number of amides is 6. The normalized spacial score (nSPS) is 17.2. The van der Waals surface area contributed by atoms with E-state index in [9.17, 15) is 87.9 Å². The molecule has 2 aromatic rings. The molecule has 0 aromatic heterocycles. The van der Waals surface area contributed by atoms with Crippen molar-refractivity contribution in [3.63, 3.8) is 0 Å². The molecular formula is C67H104GdN14O20-. The van der Waals surface area contributed by atoms with Gasteiger partial charge in [-0.3, -0.25) is 58.0 Å². The zero-order valence-electron chi connectivity index (χ0n) is 58.9. The second-order valence-corrected chi connectivity index (χ2v) is 26.0. The summed E-state index contributed by atoms with van der Waals surface area (Å²) >= 11 is 0. The average Bonchev–Trinajstić information content (AvgIpc) is 0.848. The zero-order valence-corrected chi connectivity index (χ0v) is 61.1. The molecule has 12 N–H and O–H groups in total. The summed E-state index contributed by atoms with van der Waals surface area (Å²) in [6.07, 6.45) is 3.44. The van der Waals surface area contributed by atoms with Gasteiger partial charge in [-0.25, -0.2) is 4.79 Å². The average molecular weight is 1580 g/mol. The Morgan fingerprint density at radius 3 is 1.63 bits per heavy atom. The molecule has 2 fully saturated rings. The van der Waals surface area contributed by atoms with Crippen molar-refractivity contribution in [3.05, 3.63) is 56.3 Å². The van der Waals surface area contributed by atoms with Crippen LogP contribution in [0.4, 0.5) is 11.4 Å². The van der Waals surface area contributed by atoms with Gasteiger partial charge in [0, 0.05) is 104 Å². The van der Waals surface area contributed by atoms with Crippen LogP contribution in [0.3, 0.4) is 0 Å². The monoisotopic (exact) mass is 1580 g/mol. The number of likely N-dealkylation sites (tertiary alicyclic amines) is 1. The molecule has 35 heteroatoms. The van der Waals surface area contributed by atoms with Gasteiger partial charge in [0.2, 0.25) is 35.4 Å². The van der Waals surface area contributed by atoms with Gasteiger partial charge in [-0.15, -0.1) is 0 Å². The largest absolute Gasteiger partial charge is 3.00 e. The van der Waals surface area contributed by atoms with Crippen LogP contribution in [0, 0.1) is 51.8 Å². The first kappa shape index (κ1) is 89.3. The first-order chi connectivity index (χ1) is 48.2. The van der Waals surface area contributed by atoms with Gasteiger partial charge >= 0.3 is 45.9 Å². The number of rotatable bonds is 47. The van der Waals surface area contributed by atoms with Crippen LogP contribution in [-0.2, 0) is 68.6 Å². The number of carbonyl (C=O) groups excluding carboxylic acids is 10. The number of hydrogen-bond donors (Lipinski definition) is 10. The summed E-state index contributed by atoms with van der Waals surface area (Å²) in [4.78, 5) is 176. The number of aliphatic carboxylic acids is 5. The van der Waals surface area contributed by atoms with Crippen LogP contribution < -0.4 is 80.0 Å². The smallest absolute Gasteiger partial charge is 0.549 e. The molecule has 2 aliphatic heterocycles. The number of unbranched alkanes of at least 4 members (excludes halogenated alkanes) is 2. The number of nitrogens with two attached hydrogens (primary N) is 2. The van der Waals surface area contributed by atoms with Gasteiger partial charge in [-0.2, -0.15) is 0 Å². The molecule has 1 radical (unpaired) electrons. The molecule has 0 bridgehead atoms. The molecule has 4 rings (SSSR count). The zero-order chi connectivity index (χ0) is 74.6. The Bertz CT molecular complexity index is 3040. The Labute approximate surface area is 626 Å². The number of nitrogens with zero attached hydrogens (tertiary/aromatic N) is 5. The SMILES string of the molecule is CC[C@H](C)[C@H](NC(=O)[C@H](CC(C)C)NC(=O)COCCOCCNc1c(NCCCC(C(=O)[O-])N2CCN(CC(=O)[O-])CCN(CC(=O)[O-])CCN(CC(=O)[O-])CC2)c(=O)c1=O)C(=O)N[C@@H](CCCCN)C(=O)N[C@@H](CCCCN)C(=O)N1CCC[C@H]1C(=O)N[C@@H](Cc1ccccc1)C(=O)O.[Gd+3]. The van der Waals surface area contributed by atoms with Crippen molar-refractivity contribution < 1.29 is 128 Å². The maximum absolute atomic E-state index is 14.4. The quantitative estimate of drug-likeness (QED) is 0.0217. The fraction of sp³-hybridized carbons (Fsp3) is 0.687. The summed E-state index contributed by atoms with van der Waals surface area (Å²) in [6.45, 7) is 6.22. The van der Waals surface area contributed by atoms with E-state index in [0.29, 0.717) is 50.6 Å². The second-order valence-electron chi connectivity index (χ2n) is 26.0. The van der Waals surface area contributed by atoms with E-state index in [1.54, 1.807) is 37.3 Å². The second kappa shape index (κ2) is 48.2. The van der Waals surface area contributed by atoms with Crippen molar-refractivity contribution in [3.8, 4) is 0 Å². The van der Waals surface area contributed by atoms with Gasteiger partial charge < -0.3 is 108 Å². The molecule has 571 valence electrons. The molecule has 102 heavy (non-hydrogen) atoms. The summed E-state index contributed by atoms with van der Waals surface area (Å²) in [5.74, 6) is -11.4. The van der Waals surface area contributed by atoms with E-state index in [1.807, 2.05) is 20.8 Å². The first-order valence-electron chi connectivity index (χ1n) is 34.8. The molecule has 0 saturated carbocycles. The van der Waals surface area contributed by atoms with Crippen LogP contribution in [0.2, 0.25) is 0 Å². The van der Waals surface area contributed by atoms with E-state index in [1.165, 1.54) is 24.5 Å². The van der Waals surface area contributed by atoms with Crippen molar-refractivity contribution in [1.82, 2.24) is 51.1 Å². The number of carboxylic acid groups (broad SMARTS) is 5. The number of ether oxygens (including phenoxy) is 2. The van der Waals surface area contributed by atoms with Crippen molar-refractivity contribution in [1.29, 1.82) is 0 Å². The Hall–Kier alpha value is -6.93.